The van der Waals surface area contributed by atoms with Gasteiger partial charge in [-0.3, -0.25) is 0 Å². The van der Waals surface area contributed by atoms with E-state index in [0.717, 1.165) is 16.0 Å². The first-order valence-electron chi connectivity index (χ1n) is 7.18. The Balaban J connectivity index is 2.36. The Morgan fingerprint density at radius 2 is 1.59 bits per heavy atom. The van der Waals surface area contributed by atoms with Crippen LogP contribution >= 0.6 is 12.6 Å². The largest absolute Gasteiger partial charge is 0.241 e. The summed E-state index contributed by atoms with van der Waals surface area (Å²) in [7, 11) is -3.57. The van der Waals surface area contributed by atoms with Gasteiger partial charge in [0.25, 0.3) is 0 Å². The van der Waals surface area contributed by atoms with Crippen molar-refractivity contribution in [1.29, 1.82) is 0 Å². The van der Waals surface area contributed by atoms with Crippen molar-refractivity contribution in [3.63, 3.8) is 0 Å². The van der Waals surface area contributed by atoms with Gasteiger partial charge in [0.1, 0.15) is 0 Å². The molecule has 2 aromatic carbocycles. The highest BCUT2D eigenvalue weighted by atomic mass is 32.2. The number of benzene rings is 2. The number of thiol groups is 1. The molecule has 3 nitrogen and oxygen atoms in total. The van der Waals surface area contributed by atoms with E-state index in [-0.39, 0.29) is 16.9 Å². The van der Waals surface area contributed by atoms with Gasteiger partial charge in [-0.15, -0.1) is 12.6 Å². The number of rotatable bonds is 5. The molecule has 0 bridgehead atoms. The maximum Gasteiger partial charge on any atom is 0.241 e. The van der Waals surface area contributed by atoms with Gasteiger partial charge in [-0.25, -0.2) is 13.1 Å². The van der Waals surface area contributed by atoms with E-state index in [9.17, 15) is 8.42 Å². The Morgan fingerprint density at radius 3 is 2.14 bits per heavy atom. The summed E-state index contributed by atoms with van der Waals surface area (Å²) in [6, 6.07) is 14.1. The van der Waals surface area contributed by atoms with Crippen LogP contribution in [0.4, 0.5) is 0 Å². The smallest absolute Gasteiger partial charge is 0.207 e. The van der Waals surface area contributed by atoms with Crippen LogP contribution in [0.5, 0.6) is 0 Å². The van der Waals surface area contributed by atoms with Crippen LogP contribution in [0, 0.1) is 12.8 Å². The van der Waals surface area contributed by atoms with Crippen molar-refractivity contribution in [2.24, 2.45) is 5.92 Å². The minimum atomic E-state index is -3.57. The second kappa shape index (κ2) is 6.86. The third-order valence-electron chi connectivity index (χ3n) is 3.55. The standard InChI is InChI=1S/C17H21NO2S2/c1-12(2)17(15-6-4-5-7-16(15)21)18-22(19,20)14-10-8-13(3)9-11-14/h4-12,17-18,21H,1-3H3/t17-/m1/s1. The van der Waals surface area contributed by atoms with Crippen LogP contribution in [0.2, 0.25) is 0 Å². The zero-order chi connectivity index (χ0) is 16.3. The molecule has 0 fully saturated rings. The molecule has 0 heterocycles. The van der Waals surface area contributed by atoms with Crippen molar-refractivity contribution in [2.75, 3.05) is 0 Å². The molecule has 0 saturated carbocycles. The molecule has 22 heavy (non-hydrogen) atoms. The van der Waals surface area contributed by atoms with Crippen molar-refractivity contribution >= 4 is 22.7 Å². The van der Waals surface area contributed by atoms with E-state index in [4.69, 9.17) is 0 Å². The fourth-order valence-corrected chi connectivity index (χ4v) is 3.93. The van der Waals surface area contributed by atoms with E-state index in [0.29, 0.717) is 0 Å². The molecule has 1 atom stereocenters. The van der Waals surface area contributed by atoms with E-state index in [2.05, 4.69) is 17.4 Å². The van der Waals surface area contributed by atoms with Gasteiger partial charge in [-0.1, -0.05) is 49.7 Å². The summed E-state index contributed by atoms with van der Waals surface area (Å²) in [5, 5.41) is 0. The molecule has 5 heteroatoms. The van der Waals surface area contributed by atoms with Crippen molar-refractivity contribution in [1.82, 2.24) is 4.72 Å². The minimum Gasteiger partial charge on any atom is -0.207 e. The SMILES string of the molecule is Cc1ccc(S(=O)(=O)N[C@@H](c2ccccc2S)C(C)C)cc1. The van der Waals surface area contributed by atoms with Crippen molar-refractivity contribution in [3.8, 4) is 0 Å². The summed E-state index contributed by atoms with van der Waals surface area (Å²) in [6.07, 6.45) is 0. The average molecular weight is 335 g/mol. The molecule has 0 aliphatic heterocycles. The van der Waals surface area contributed by atoms with Gasteiger partial charge in [0.15, 0.2) is 0 Å². The van der Waals surface area contributed by atoms with Crippen molar-refractivity contribution in [2.45, 2.75) is 36.6 Å². The van der Waals surface area contributed by atoms with Crippen LogP contribution in [-0.4, -0.2) is 8.42 Å². The van der Waals surface area contributed by atoms with Crippen LogP contribution in [-0.2, 0) is 10.0 Å². The van der Waals surface area contributed by atoms with Gasteiger partial charge in [0, 0.05) is 4.90 Å². The maximum absolute atomic E-state index is 12.6. The lowest BCUT2D eigenvalue weighted by molar-refractivity contribution is 0.458. The van der Waals surface area contributed by atoms with Crippen LogP contribution in [0.3, 0.4) is 0 Å². The van der Waals surface area contributed by atoms with Crippen molar-refractivity contribution < 1.29 is 8.42 Å². The molecular formula is C17H21NO2S2. The molecule has 1 N–H and O–H groups in total. The molecule has 0 aliphatic carbocycles. The molecule has 2 aromatic rings. The third-order valence-corrected chi connectivity index (χ3v) is 5.42. The van der Waals surface area contributed by atoms with E-state index >= 15 is 0 Å². The van der Waals surface area contributed by atoms with Gasteiger partial charge in [-0.2, -0.15) is 0 Å². The summed E-state index contributed by atoms with van der Waals surface area (Å²) >= 11 is 4.45. The predicted molar refractivity (Wildman–Crippen MR) is 92.8 cm³/mol. The molecule has 0 amide bonds. The van der Waals surface area contributed by atoms with E-state index < -0.39 is 10.0 Å². The lowest BCUT2D eigenvalue weighted by Crippen LogP contribution is -2.32. The Kier molecular flexibility index (Phi) is 5.32. The molecule has 0 spiro atoms. The highest BCUT2D eigenvalue weighted by molar-refractivity contribution is 7.89. The van der Waals surface area contributed by atoms with E-state index in [1.807, 2.05) is 45.0 Å². The molecule has 2 rings (SSSR count). The summed E-state index contributed by atoms with van der Waals surface area (Å²) < 4.78 is 28.0. The molecule has 0 saturated heterocycles. The Bertz CT molecular complexity index is 738. The molecule has 118 valence electrons. The number of hydrogen-bond donors (Lipinski definition) is 2. The fraction of sp³-hybridized carbons (Fsp3) is 0.294. The summed E-state index contributed by atoms with van der Waals surface area (Å²) in [6.45, 7) is 5.91. The molecule has 0 aromatic heterocycles. The lowest BCUT2D eigenvalue weighted by atomic mass is 9.97. The first-order valence-corrected chi connectivity index (χ1v) is 9.11. The van der Waals surface area contributed by atoms with Gasteiger partial charge in [0.05, 0.1) is 10.9 Å². The van der Waals surface area contributed by atoms with Gasteiger partial charge >= 0.3 is 0 Å². The zero-order valence-electron chi connectivity index (χ0n) is 12.9. The van der Waals surface area contributed by atoms with E-state index in [1.54, 1.807) is 24.3 Å². The first-order chi connectivity index (χ1) is 10.3. The van der Waals surface area contributed by atoms with Gasteiger partial charge < -0.3 is 0 Å². The van der Waals surface area contributed by atoms with Crippen LogP contribution in [0.15, 0.2) is 58.3 Å². The quantitative estimate of drug-likeness (QED) is 0.813. The maximum atomic E-state index is 12.6. The summed E-state index contributed by atoms with van der Waals surface area (Å²) in [5.74, 6) is 0.105. The first kappa shape index (κ1) is 17.1. The van der Waals surface area contributed by atoms with E-state index in [1.165, 1.54) is 0 Å². The lowest BCUT2D eigenvalue weighted by Gasteiger charge is -2.24. The number of aryl methyl sites for hydroxylation is 1. The molecular weight excluding hydrogens is 314 g/mol. The average Bonchev–Trinajstić information content (AvgIpc) is 2.46. The van der Waals surface area contributed by atoms with Crippen LogP contribution in [0.1, 0.15) is 31.0 Å². The molecule has 0 radical (unpaired) electrons. The van der Waals surface area contributed by atoms with Gasteiger partial charge in [-0.05, 0) is 36.6 Å². The van der Waals surface area contributed by atoms with Gasteiger partial charge in [0.2, 0.25) is 10.0 Å². The number of hydrogen-bond acceptors (Lipinski definition) is 3. The predicted octanol–water partition coefficient (Wildman–Crippen LogP) is 3.96. The third kappa shape index (κ3) is 3.91. The normalized spacial score (nSPS) is 13.3. The number of sulfonamides is 1. The Morgan fingerprint density at radius 1 is 1.00 bits per heavy atom. The number of nitrogens with one attached hydrogen (secondary N) is 1. The van der Waals surface area contributed by atoms with Crippen LogP contribution in [0.25, 0.3) is 0 Å². The fourth-order valence-electron chi connectivity index (χ4n) is 2.26. The second-order valence-electron chi connectivity index (χ2n) is 5.71. The summed E-state index contributed by atoms with van der Waals surface area (Å²) in [4.78, 5) is 1.06. The highest BCUT2D eigenvalue weighted by Gasteiger charge is 2.25. The monoisotopic (exact) mass is 335 g/mol. The molecule has 0 aliphatic rings. The highest BCUT2D eigenvalue weighted by Crippen LogP contribution is 2.28. The van der Waals surface area contributed by atoms with Crippen LogP contribution < -0.4 is 4.72 Å². The Labute approximate surface area is 138 Å². The topological polar surface area (TPSA) is 46.2 Å². The second-order valence-corrected chi connectivity index (χ2v) is 7.91. The minimum absolute atomic E-state index is 0.105. The summed E-state index contributed by atoms with van der Waals surface area (Å²) in [5.41, 5.74) is 1.91. The molecule has 0 unspecified atom stereocenters. The Hall–Kier alpha value is -1.30. The van der Waals surface area contributed by atoms with Crippen molar-refractivity contribution in [3.05, 3.63) is 59.7 Å². The zero-order valence-corrected chi connectivity index (χ0v) is 14.7.